The lowest BCUT2D eigenvalue weighted by atomic mass is 10.2. The maximum Gasteiger partial charge on any atom is 0.134 e. The quantitative estimate of drug-likeness (QED) is 0.851. The molecule has 5 heteroatoms. The fourth-order valence-electron chi connectivity index (χ4n) is 1.90. The first-order valence-corrected chi connectivity index (χ1v) is 7.76. The van der Waals surface area contributed by atoms with E-state index in [1.165, 1.54) is 5.56 Å². The molecular formula is C15H21N3OS. The molecule has 0 saturated heterocycles. The molecule has 0 amide bonds. The van der Waals surface area contributed by atoms with Crippen molar-refractivity contribution in [2.45, 2.75) is 33.2 Å². The Kier molecular flexibility index (Phi) is 5.49. The van der Waals surface area contributed by atoms with Crippen LogP contribution in [0.3, 0.4) is 0 Å². The number of aryl methyl sites for hydroxylation is 1. The number of ether oxygens (including phenoxy) is 1. The summed E-state index contributed by atoms with van der Waals surface area (Å²) in [7, 11) is 0. The third-order valence-electron chi connectivity index (χ3n) is 2.94. The van der Waals surface area contributed by atoms with Gasteiger partial charge >= 0.3 is 0 Å². The second kappa shape index (κ2) is 7.36. The molecular weight excluding hydrogens is 270 g/mol. The Hall–Kier alpha value is -1.46. The van der Waals surface area contributed by atoms with Gasteiger partial charge in [-0.25, -0.2) is 0 Å². The maximum absolute atomic E-state index is 5.73. The van der Waals surface area contributed by atoms with Crippen molar-refractivity contribution in [3.05, 3.63) is 39.8 Å². The van der Waals surface area contributed by atoms with Crippen molar-refractivity contribution in [2.24, 2.45) is 0 Å². The van der Waals surface area contributed by atoms with E-state index in [0.29, 0.717) is 6.61 Å². The Balaban J connectivity index is 1.82. The Morgan fingerprint density at radius 2 is 2.20 bits per heavy atom. The first-order valence-electron chi connectivity index (χ1n) is 6.94. The predicted molar refractivity (Wildman–Crippen MR) is 82.4 cm³/mol. The molecule has 0 fully saturated rings. The predicted octanol–water partition coefficient (Wildman–Crippen LogP) is 3.14. The summed E-state index contributed by atoms with van der Waals surface area (Å²) in [4.78, 5) is 0. The second-order valence-corrected chi connectivity index (χ2v) is 5.82. The van der Waals surface area contributed by atoms with Crippen LogP contribution in [0.2, 0.25) is 0 Å². The van der Waals surface area contributed by atoms with Crippen LogP contribution in [0.5, 0.6) is 5.75 Å². The van der Waals surface area contributed by atoms with Crippen LogP contribution in [-0.2, 0) is 6.42 Å². The van der Waals surface area contributed by atoms with Crippen molar-refractivity contribution >= 4 is 11.3 Å². The molecule has 1 aromatic carbocycles. The van der Waals surface area contributed by atoms with Crippen LogP contribution in [-0.4, -0.2) is 23.3 Å². The van der Waals surface area contributed by atoms with Crippen LogP contribution in [0.1, 0.15) is 35.5 Å². The van der Waals surface area contributed by atoms with E-state index >= 15 is 0 Å². The molecule has 2 aromatic rings. The fraction of sp³-hybridized carbons (Fsp3) is 0.467. The average Bonchev–Trinajstić information content (AvgIpc) is 2.88. The summed E-state index contributed by atoms with van der Waals surface area (Å²) in [6.07, 6.45) is 0.796. The Morgan fingerprint density at radius 3 is 2.95 bits per heavy atom. The van der Waals surface area contributed by atoms with Crippen LogP contribution in [0.15, 0.2) is 24.3 Å². The SMILES string of the molecule is CCNC(C)c1nnc(CCOc2cccc(C)c2)s1. The first-order chi connectivity index (χ1) is 9.69. The third kappa shape index (κ3) is 4.28. The van der Waals surface area contributed by atoms with Gasteiger partial charge in [0.1, 0.15) is 15.8 Å². The zero-order valence-electron chi connectivity index (χ0n) is 12.2. The fourth-order valence-corrected chi connectivity index (χ4v) is 2.75. The molecule has 1 unspecified atom stereocenters. The second-order valence-electron chi connectivity index (χ2n) is 4.73. The highest BCUT2D eigenvalue weighted by atomic mass is 32.1. The number of nitrogens with one attached hydrogen (secondary N) is 1. The number of aromatic nitrogens is 2. The zero-order valence-corrected chi connectivity index (χ0v) is 13.0. The van der Waals surface area contributed by atoms with E-state index in [1.54, 1.807) is 11.3 Å². The lowest BCUT2D eigenvalue weighted by Gasteiger charge is -2.06. The molecule has 1 N–H and O–H groups in total. The first kappa shape index (κ1) is 14.9. The van der Waals surface area contributed by atoms with Crippen LogP contribution in [0, 0.1) is 6.92 Å². The van der Waals surface area contributed by atoms with E-state index in [-0.39, 0.29) is 6.04 Å². The lowest BCUT2D eigenvalue weighted by molar-refractivity contribution is 0.321. The smallest absolute Gasteiger partial charge is 0.134 e. The highest BCUT2D eigenvalue weighted by Crippen LogP contribution is 2.18. The number of rotatable bonds is 7. The molecule has 1 aromatic heterocycles. The van der Waals surface area contributed by atoms with Gasteiger partial charge in [0.25, 0.3) is 0 Å². The van der Waals surface area contributed by atoms with E-state index in [4.69, 9.17) is 4.74 Å². The standard InChI is InChI=1S/C15H21N3OS/c1-4-16-12(3)15-18-17-14(20-15)8-9-19-13-7-5-6-11(2)10-13/h5-7,10,12,16H,4,8-9H2,1-3H3. The molecule has 108 valence electrons. The highest BCUT2D eigenvalue weighted by molar-refractivity contribution is 7.11. The third-order valence-corrected chi connectivity index (χ3v) is 4.10. The van der Waals surface area contributed by atoms with Gasteiger partial charge in [-0.3, -0.25) is 0 Å². The summed E-state index contributed by atoms with van der Waals surface area (Å²) in [5.74, 6) is 0.913. The van der Waals surface area contributed by atoms with E-state index in [2.05, 4.69) is 42.4 Å². The van der Waals surface area contributed by atoms with Gasteiger partial charge in [-0.15, -0.1) is 10.2 Å². The molecule has 2 rings (SSSR count). The van der Waals surface area contributed by atoms with Crippen molar-refractivity contribution in [1.29, 1.82) is 0 Å². The molecule has 4 nitrogen and oxygen atoms in total. The molecule has 0 aliphatic heterocycles. The van der Waals surface area contributed by atoms with Gasteiger partial charge in [0.2, 0.25) is 0 Å². The highest BCUT2D eigenvalue weighted by Gasteiger charge is 2.10. The van der Waals surface area contributed by atoms with Gasteiger partial charge in [0, 0.05) is 6.42 Å². The molecule has 0 aliphatic rings. The topological polar surface area (TPSA) is 47.0 Å². The minimum atomic E-state index is 0.268. The molecule has 1 atom stereocenters. The summed E-state index contributed by atoms with van der Waals surface area (Å²) < 4.78 is 5.73. The minimum Gasteiger partial charge on any atom is -0.493 e. The normalized spacial score (nSPS) is 12.3. The van der Waals surface area contributed by atoms with E-state index in [9.17, 15) is 0 Å². The molecule has 0 spiro atoms. The van der Waals surface area contributed by atoms with Crippen LogP contribution >= 0.6 is 11.3 Å². The van der Waals surface area contributed by atoms with Crippen LogP contribution in [0.25, 0.3) is 0 Å². The summed E-state index contributed by atoms with van der Waals surface area (Å²) in [5, 5.41) is 13.8. The van der Waals surface area contributed by atoms with Crippen LogP contribution < -0.4 is 10.1 Å². The zero-order chi connectivity index (χ0) is 14.4. The molecule has 0 saturated carbocycles. The maximum atomic E-state index is 5.73. The van der Waals surface area contributed by atoms with E-state index in [0.717, 1.165) is 28.7 Å². The van der Waals surface area contributed by atoms with Crippen molar-refractivity contribution in [1.82, 2.24) is 15.5 Å². The Morgan fingerprint density at radius 1 is 1.35 bits per heavy atom. The Bertz CT molecular complexity index is 541. The van der Waals surface area contributed by atoms with Crippen molar-refractivity contribution < 1.29 is 4.74 Å². The number of hydrogen-bond donors (Lipinski definition) is 1. The summed E-state index contributed by atoms with van der Waals surface area (Å²) >= 11 is 1.65. The van der Waals surface area contributed by atoms with Gasteiger partial charge < -0.3 is 10.1 Å². The minimum absolute atomic E-state index is 0.268. The molecule has 0 aliphatic carbocycles. The Labute approximate surface area is 124 Å². The van der Waals surface area contributed by atoms with E-state index in [1.807, 2.05) is 18.2 Å². The molecule has 1 heterocycles. The molecule has 20 heavy (non-hydrogen) atoms. The van der Waals surface area contributed by atoms with Gasteiger partial charge in [0.15, 0.2) is 0 Å². The average molecular weight is 291 g/mol. The lowest BCUT2D eigenvalue weighted by Crippen LogP contribution is -2.17. The van der Waals surface area contributed by atoms with Gasteiger partial charge in [-0.2, -0.15) is 0 Å². The largest absolute Gasteiger partial charge is 0.493 e. The van der Waals surface area contributed by atoms with Crippen molar-refractivity contribution in [2.75, 3.05) is 13.2 Å². The monoisotopic (exact) mass is 291 g/mol. The van der Waals surface area contributed by atoms with E-state index < -0.39 is 0 Å². The van der Waals surface area contributed by atoms with Crippen molar-refractivity contribution in [3.63, 3.8) is 0 Å². The summed E-state index contributed by atoms with van der Waals surface area (Å²) in [6.45, 7) is 7.83. The van der Waals surface area contributed by atoms with Gasteiger partial charge in [0.05, 0.1) is 12.6 Å². The van der Waals surface area contributed by atoms with Crippen LogP contribution in [0.4, 0.5) is 0 Å². The number of benzene rings is 1. The molecule has 0 radical (unpaired) electrons. The number of nitrogens with zero attached hydrogens (tertiary/aromatic N) is 2. The summed E-state index contributed by atoms with van der Waals surface area (Å²) in [5.41, 5.74) is 1.21. The number of hydrogen-bond acceptors (Lipinski definition) is 5. The molecule has 0 bridgehead atoms. The summed E-state index contributed by atoms with van der Waals surface area (Å²) in [6, 6.07) is 8.35. The van der Waals surface area contributed by atoms with Gasteiger partial charge in [-0.05, 0) is 38.1 Å². The van der Waals surface area contributed by atoms with Gasteiger partial charge in [-0.1, -0.05) is 30.4 Å². The van der Waals surface area contributed by atoms with Crippen molar-refractivity contribution in [3.8, 4) is 5.75 Å².